The van der Waals surface area contributed by atoms with Crippen molar-refractivity contribution in [3.63, 3.8) is 0 Å². The van der Waals surface area contributed by atoms with Gasteiger partial charge in [0.25, 0.3) is 5.91 Å². The summed E-state index contributed by atoms with van der Waals surface area (Å²) in [7, 11) is 0.611. The van der Waals surface area contributed by atoms with Crippen molar-refractivity contribution in [2.75, 3.05) is 32.3 Å². The summed E-state index contributed by atoms with van der Waals surface area (Å²) in [5, 5.41) is 2.59. The SMILES string of the molecule is COc1ccc(NC(=O)c2cc(S(=O)(=O)N(C)C)c(C)o2)cc1N. The Labute approximate surface area is 140 Å². The Morgan fingerprint density at radius 3 is 2.50 bits per heavy atom. The number of hydrogen-bond donors (Lipinski definition) is 2. The highest BCUT2D eigenvalue weighted by molar-refractivity contribution is 7.89. The molecule has 0 aliphatic carbocycles. The van der Waals surface area contributed by atoms with Crippen LogP contribution < -0.4 is 15.8 Å². The highest BCUT2D eigenvalue weighted by atomic mass is 32.2. The molecule has 0 fully saturated rings. The van der Waals surface area contributed by atoms with Gasteiger partial charge in [-0.05, 0) is 25.1 Å². The summed E-state index contributed by atoms with van der Waals surface area (Å²) in [6.07, 6.45) is 0. The van der Waals surface area contributed by atoms with E-state index in [-0.39, 0.29) is 16.4 Å². The summed E-state index contributed by atoms with van der Waals surface area (Å²) in [5.41, 5.74) is 6.58. The Morgan fingerprint density at radius 1 is 1.29 bits per heavy atom. The number of nitrogens with one attached hydrogen (secondary N) is 1. The fraction of sp³-hybridized carbons (Fsp3) is 0.267. The van der Waals surface area contributed by atoms with Gasteiger partial charge in [0, 0.05) is 25.8 Å². The zero-order chi connectivity index (χ0) is 18.1. The lowest BCUT2D eigenvalue weighted by Crippen LogP contribution is -2.22. The van der Waals surface area contributed by atoms with Crippen LogP contribution in [0.3, 0.4) is 0 Å². The number of furan rings is 1. The number of ether oxygens (including phenoxy) is 1. The molecule has 0 unspecified atom stereocenters. The second-order valence-corrected chi connectivity index (χ2v) is 7.35. The van der Waals surface area contributed by atoms with Crippen molar-refractivity contribution >= 4 is 27.3 Å². The molecule has 0 saturated carbocycles. The Hall–Kier alpha value is -2.52. The lowest BCUT2D eigenvalue weighted by molar-refractivity contribution is 0.0995. The first-order valence-corrected chi connectivity index (χ1v) is 8.38. The highest BCUT2D eigenvalue weighted by Gasteiger charge is 2.26. The van der Waals surface area contributed by atoms with Gasteiger partial charge in [0.05, 0.1) is 12.8 Å². The third-order valence-corrected chi connectivity index (χ3v) is 5.26. The number of hydrogen-bond acceptors (Lipinski definition) is 6. The van der Waals surface area contributed by atoms with Crippen LogP contribution in [0.4, 0.5) is 11.4 Å². The molecule has 0 bridgehead atoms. The van der Waals surface area contributed by atoms with Gasteiger partial charge in [-0.25, -0.2) is 12.7 Å². The van der Waals surface area contributed by atoms with Gasteiger partial charge in [0.15, 0.2) is 5.76 Å². The predicted molar refractivity (Wildman–Crippen MR) is 89.7 cm³/mol. The summed E-state index contributed by atoms with van der Waals surface area (Å²) in [4.78, 5) is 12.2. The van der Waals surface area contributed by atoms with E-state index in [1.807, 2.05) is 0 Å². The summed E-state index contributed by atoms with van der Waals surface area (Å²) < 4.78 is 35.7. The minimum absolute atomic E-state index is 0.0492. The minimum Gasteiger partial charge on any atom is -0.495 e. The standard InChI is InChI=1S/C15H19N3O5S/c1-9-14(24(20,21)18(2)3)8-13(23-9)15(19)17-10-5-6-12(22-4)11(16)7-10/h5-8H,16H2,1-4H3,(H,17,19). The minimum atomic E-state index is -3.69. The third kappa shape index (κ3) is 3.36. The highest BCUT2D eigenvalue weighted by Crippen LogP contribution is 2.26. The topological polar surface area (TPSA) is 115 Å². The number of carbonyl (C=O) groups is 1. The van der Waals surface area contributed by atoms with Crippen LogP contribution in [0.5, 0.6) is 5.75 Å². The molecule has 8 nitrogen and oxygen atoms in total. The van der Waals surface area contributed by atoms with E-state index < -0.39 is 15.9 Å². The van der Waals surface area contributed by atoms with E-state index in [2.05, 4.69) is 5.32 Å². The van der Waals surface area contributed by atoms with Crippen LogP contribution in [-0.4, -0.2) is 39.8 Å². The fourth-order valence-electron chi connectivity index (χ4n) is 2.03. The Bertz CT molecular complexity index is 871. The van der Waals surface area contributed by atoms with Crippen LogP contribution in [0, 0.1) is 6.92 Å². The van der Waals surface area contributed by atoms with Crippen LogP contribution >= 0.6 is 0 Å². The van der Waals surface area contributed by atoms with Crippen LogP contribution in [0.2, 0.25) is 0 Å². The monoisotopic (exact) mass is 353 g/mol. The van der Waals surface area contributed by atoms with Crippen LogP contribution in [-0.2, 0) is 10.0 Å². The zero-order valence-electron chi connectivity index (χ0n) is 13.8. The number of rotatable bonds is 5. The number of anilines is 2. The molecular formula is C15H19N3O5S. The van der Waals surface area contributed by atoms with Crippen LogP contribution in [0.15, 0.2) is 33.6 Å². The summed E-state index contributed by atoms with van der Waals surface area (Å²) in [6.45, 7) is 1.48. The maximum Gasteiger partial charge on any atom is 0.291 e. The van der Waals surface area contributed by atoms with E-state index in [0.717, 1.165) is 4.31 Å². The Balaban J connectivity index is 2.27. The normalized spacial score (nSPS) is 11.5. The molecule has 1 aromatic heterocycles. The lowest BCUT2D eigenvalue weighted by Gasteiger charge is -2.09. The number of sulfonamides is 1. The van der Waals surface area contributed by atoms with Crippen molar-refractivity contribution in [1.82, 2.24) is 4.31 Å². The third-order valence-electron chi connectivity index (χ3n) is 3.34. The van der Waals surface area contributed by atoms with Crippen molar-refractivity contribution in [3.05, 3.63) is 35.8 Å². The average Bonchev–Trinajstić information content (AvgIpc) is 2.90. The number of carbonyl (C=O) groups excluding carboxylic acids is 1. The van der Waals surface area contributed by atoms with Gasteiger partial charge in [-0.3, -0.25) is 4.79 Å². The van der Waals surface area contributed by atoms with Gasteiger partial charge in [-0.15, -0.1) is 0 Å². The van der Waals surface area contributed by atoms with Crippen molar-refractivity contribution in [2.45, 2.75) is 11.8 Å². The number of amides is 1. The van der Waals surface area contributed by atoms with Gasteiger partial charge >= 0.3 is 0 Å². The van der Waals surface area contributed by atoms with E-state index in [1.165, 1.54) is 40.3 Å². The molecule has 0 spiro atoms. The van der Waals surface area contributed by atoms with Crippen molar-refractivity contribution in [2.24, 2.45) is 0 Å². The Kier molecular flexibility index (Phi) is 4.86. The number of nitrogens with zero attached hydrogens (tertiary/aromatic N) is 1. The van der Waals surface area contributed by atoms with Crippen LogP contribution in [0.1, 0.15) is 16.3 Å². The van der Waals surface area contributed by atoms with Crippen molar-refractivity contribution < 1.29 is 22.4 Å². The second-order valence-electron chi connectivity index (χ2n) is 5.23. The number of nitrogen functional groups attached to an aromatic ring is 1. The molecule has 0 aliphatic rings. The fourth-order valence-corrected chi connectivity index (χ4v) is 3.09. The predicted octanol–water partition coefficient (Wildman–Crippen LogP) is 1.68. The lowest BCUT2D eigenvalue weighted by atomic mass is 10.2. The van der Waals surface area contributed by atoms with Gasteiger partial charge in [-0.1, -0.05) is 0 Å². The zero-order valence-corrected chi connectivity index (χ0v) is 14.6. The maximum absolute atomic E-state index is 12.3. The van der Waals surface area contributed by atoms with E-state index in [1.54, 1.807) is 12.1 Å². The molecule has 2 aromatic rings. The van der Waals surface area contributed by atoms with Gasteiger partial charge in [0.1, 0.15) is 16.4 Å². The van der Waals surface area contributed by atoms with Crippen molar-refractivity contribution in [1.29, 1.82) is 0 Å². The quantitative estimate of drug-likeness (QED) is 0.790. The molecule has 9 heteroatoms. The van der Waals surface area contributed by atoms with Gasteiger partial charge in [-0.2, -0.15) is 0 Å². The molecule has 24 heavy (non-hydrogen) atoms. The number of aryl methyl sites for hydroxylation is 1. The first-order valence-electron chi connectivity index (χ1n) is 6.94. The molecular weight excluding hydrogens is 334 g/mol. The smallest absolute Gasteiger partial charge is 0.291 e. The largest absolute Gasteiger partial charge is 0.495 e. The number of nitrogens with two attached hydrogens (primary N) is 1. The molecule has 1 aromatic carbocycles. The van der Waals surface area contributed by atoms with E-state index in [4.69, 9.17) is 14.9 Å². The second kappa shape index (κ2) is 6.54. The maximum atomic E-state index is 12.3. The summed E-state index contributed by atoms with van der Waals surface area (Å²) in [6, 6.07) is 5.96. The van der Waals surface area contributed by atoms with Gasteiger partial charge < -0.3 is 20.2 Å². The molecule has 0 saturated heterocycles. The van der Waals surface area contributed by atoms with Crippen LogP contribution in [0.25, 0.3) is 0 Å². The molecule has 130 valence electrons. The Morgan fingerprint density at radius 2 is 1.96 bits per heavy atom. The molecule has 1 amide bonds. The molecule has 0 radical (unpaired) electrons. The molecule has 1 heterocycles. The number of benzene rings is 1. The van der Waals surface area contributed by atoms with Gasteiger partial charge in [0.2, 0.25) is 10.0 Å². The van der Waals surface area contributed by atoms with E-state index >= 15 is 0 Å². The summed E-state index contributed by atoms with van der Waals surface area (Å²) >= 11 is 0. The molecule has 2 rings (SSSR count). The first kappa shape index (κ1) is 17.8. The molecule has 3 N–H and O–H groups in total. The number of methoxy groups -OCH3 is 1. The molecule has 0 atom stereocenters. The first-order chi connectivity index (χ1) is 11.2. The average molecular weight is 353 g/mol. The van der Waals surface area contributed by atoms with E-state index in [9.17, 15) is 13.2 Å². The molecule has 0 aliphatic heterocycles. The van der Waals surface area contributed by atoms with E-state index in [0.29, 0.717) is 17.1 Å². The summed E-state index contributed by atoms with van der Waals surface area (Å²) in [5.74, 6) is -0.0607. The van der Waals surface area contributed by atoms with Crippen molar-refractivity contribution in [3.8, 4) is 5.75 Å².